The Morgan fingerprint density at radius 2 is 1.80 bits per heavy atom. The van der Waals surface area contributed by atoms with Crippen LogP contribution >= 0.6 is 32.3 Å². The van der Waals surface area contributed by atoms with Crippen molar-refractivity contribution in [1.82, 2.24) is 9.88 Å². The van der Waals surface area contributed by atoms with Crippen LogP contribution in [0.3, 0.4) is 0 Å². The van der Waals surface area contributed by atoms with Gasteiger partial charge in [0.25, 0.3) is 0 Å². The van der Waals surface area contributed by atoms with Crippen LogP contribution in [0.5, 0.6) is 0 Å². The first-order valence-electron chi connectivity index (χ1n) is 11.6. The number of anilines is 3. The van der Waals surface area contributed by atoms with Gasteiger partial charge in [0.05, 0.1) is 10.6 Å². The minimum Gasteiger partial charge on any atom is -0.377 e. The van der Waals surface area contributed by atoms with Gasteiger partial charge >= 0.3 is 0 Å². The molecule has 0 saturated carbocycles. The highest BCUT2D eigenvalue weighted by Crippen LogP contribution is 2.38. The molecule has 35 heavy (non-hydrogen) atoms. The van der Waals surface area contributed by atoms with Crippen molar-refractivity contribution in [2.75, 3.05) is 38.4 Å². The van der Waals surface area contributed by atoms with E-state index >= 15 is 0 Å². The molecule has 0 aliphatic carbocycles. The Morgan fingerprint density at radius 1 is 1.14 bits per heavy atom. The second kappa shape index (κ2) is 11.7. The highest BCUT2D eigenvalue weighted by Gasteiger charge is 2.15. The van der Waals surface area contributed by atoms with Gasteiger partial charge in [-0.05, 0) is 87.2 Å². The van der Waals surface area contributed by atoms with Crippen LogP contribution in [-0.4, -0.2) is 38.1 Å². The molecular formula is C28H37N4PS2. The Morgan fingerprint density at radius 3 is 2.40 bits per heavy atom. The maximum absolute atomic E-state index is 4.74. The fraction of sp³-hybridized carbons (Fsp3) is 0.321. The van der Waals surface area contributed by atoms with Crippen LogP contribution in [0.2, 0.25) is 0 Å². The van der Waals surface area contributed by atoms with Gasteiger partial charge in [0.1, 0.15) is 0 Å². The van der Waals surface area contributed by atoms with Crippen molar-refractivity contribution < 1.29 is 0 Å². The summed E-state index contributed by atoms with van der Waals surface area (Å²) in [4.78, 5) is 11.2. The van der Waals surface area contributed by atoms with Gasteiger partial charge in [0.2, 0.25) is 0 Å². The van der Waals surface area contributed by atoms with Crippen molar-refractivity contribution >= 4 is 64.6 Å². The normalized spacial score (nSPS) is 11.8. The first-order valence-corrected chi connectivity index (χ1v) is 13.8. The zero-order valence-electron chi connectivity index (χ0n) is 22.1. The number of allylic oxidation sites excluding steroid dienone is 1. The molecule has 3 aromatic rings. The lowest BCUT2D eigenvalue weighted by atomic mass is 9.99. The minimum absolute atomic E-state index is 0.886. The van der Waals surface area contributed by atoms with E-state index < -0.39 is 0 Å². The molecule has 0 aliphatic rings. The molecule has 1 heterocycles. The maximum atomic E-state index is 4.74. The molecule has 7 heteroatoms. The van der Waals surface area contributed by atoms with Crippen LogP contribution in [0, 0.1) is 20.8 Å². The summed E-state index contributed by atoms with van der Waals surface area (Å²) in [5, 5.41) is 7.77. The van der Waals surface area contributed by atoms with Gasteiger partial charge in [0.15, 0.2) is 5.13 Å². The van der Waals surface area contributed by atoms with Gasteiger partial charge in [-0.15, -0.1) is 9.24 Å². The third kappa shape index (κ3) is 6.77. The summed E-state index contributed by atoms with van der Waals surface area (Å²) in [5.41, 5.74) is 9.70. The van der Waals surface area contributed by atoms with Gasteiger partial charge in [-0.25, -0.2) is 4.98 Å². The smallest absolute Gasteiger partial charge is 0.187 e. The predicted octanol–water partition coefficient (Wildman–Crippen LogP) is 7.20. The van der Waals surface area contributed by atoms with Gasteiger partial charge in [-0.2, -0.15) is 0 Å². The standard InChI is InChI=1S/C28H37N4PS2/c1-17-14-24(26(33)25(19(17)3)32(8)9)18(2)16-34-21(5)27-20(4)29-28(35-27)30-23-12-10-22(11-13-23)15-31(6)7/h10-14,16H,5,15,33H2,1-4,6-9H3,(H,29,30)/b18-16+. The predicted molar refractivity (Wildman–Crippen MR) is 164 cm³/mol. The number of aryl methyl sites for hydroxylation is 2. The van der Waals surface area contributed by atoms with E-state index in [9.17, 15) is 0 Å². The number of benzene rings is 2. The molecule has 3 rings (SSSR count). The molecule has 2 aromatic carbocycles. The molecule has 0 fully saturated rings. The van der Waals surface area contributed by atoms with Crippen molar-refractivity contribution in [2.24, 2.45) is 0 Å². The molecule has 0 saturated heterocycles. The second-order valence-electron chi connectivity index (χ2n) is 9.36. The molecule has 1 unspecified atom stereocenters. The minimum atomic E-state index is 0.886. The zero-order valence-corrected chi connectivity index (χ0v) is 24.9. The lowest BCUT2D eigenvalue weighted by molar-refractivity contribution is 0.402. The number of hydrogen-bond donors (Lipinski definition) is 1. The van der Waals surface area contributed by atoms with Crippen molar-refractivity contribution in [3.8, 4) is 0 Å². The first kappa shape index (κ1) is 27.5. The summed E-state index contributed by atoms with van der Waals surface area (Å²) in [5.74, 6) is 0. The molecule has 0 radical (unpaired) electrons. The first-order chi connectivity index (χ1) is 16.5. The molecule has 0 aliphatic heterocycles. The fourth-order valence-electron chi connectivity index (χ4n) is 3.99. The van der Waals surface area contributed by atoms with Gasteiger partial charge in [-0.3, -0.25) is 0 Å². The molecule has 186 valence electrons. The number of nitrogens with zero attached hydrogens (tertiary/aromatic N) is 3. The van der Waals surface area contributed by atoms with Gasteiger partial charge in [0, 0.05) is 42.2 Å². The fourth-order valence-corrected chi connectivity index (χ4v) is 6.60. The van der Waals surface area contributed by atoms with E-state index in [1.165, 1.54) is 38.8 Å². The largest absolute Gasteiger partial charge is 0.377 e. The third-order valence-corrected chi connectivity index (χ3v) is 8.66. The van der Waals surface area contributed by atoms with Crippen LogP contribution in [0.25, 0.3) is 10.5 Å². The molecule has 1 atom stereocenters. The van der Waals surface area contributed by atoms with E-state index in [-0.39, 0.29) is 0 Å². The topological polar surface area (TPSA) is 31.4 Å². The van der Waals surface area contributed by atoms with Crippen molar-refractivity contribution in [3.05, 3.63) is 75.1 Å². The summed E-state index contributed by atoms with van der Waals surface area (Å²) >= 11 is 3.31. The molecule has 0 spiro atoms. The summed E-state index contributed by atoms with van der Waals surface area (Å²) in [7, 11) is 11.3. The Labute approximate surface area is 221 Å². The quantitative estimate of drug-likeness (QED) is 0.299. The lowest BCUT2D eigenvalue weighted by Gasteiger charge is -2.23. The van der Waals surface area contributed by atoms with Crippen LogP contribution in [0.4, 0.5) is 16.5 Å². The van der Waals surface area contributed by atoms with E-state index in [0.717, 1.165) is 32.8 Å². The molecule has 0 amide bonds. The molecule has 4 nitrogen and oxygen atoms in total. The molecule has 1 aromatic heterocycles. The maximum Gasteiger partial charge on any atom is 0.187 e. The Bertz CT molecular complexity index is 1240. The van der Waals surface area contributed by atoms with Crippen LogP contribution in [0.15, 0.2) is 42.3 Å². The monoisotopic (exact) mass is 524 g/mol. The Balaban J connectivity index is 1.74. The van der Waals surface area contributed by atoms with E-state index in [4.69, 9.17) is 4.98 Å². The van der Waals surface area contributed by atoms with E-state index in [0.29, 0.717) is 0 Å². The number of hydrogen-bond acceptors (Lipinski definition) is 6. The Hall–Kier alpha value is -2.11. The van der Waals surface area contributed by atoms with Crippen molar-refractivity contribution in [1.29, 1.82) is 0 Å². The van der Waals surface area contributed by atoms with Crippen LogP contribution in [-0.2, 0) is 6.54 Å². The highest BCUT2D eigenvalue weighted by molar-refractivity contribution is 8.11. The van der Waals surface area contributed by atoms with Crippen LogP contribution < -0.4 is 15.5 Å². The molecular weight excluding hydrogens is 487 g/mol. The number of rotatable bonds is 9. The van der Waals surface area contributed by atoms with E-state index in [2.05, 4.69) is 116 Å². The van der Waals surface area contributed by atoms with Gasteiger partial charge in [-0.1, -0.05) is 47.9 Å². The SMILES string of the molecule is C=C(S/C=C(\C)c1cc(C)c(C)c(N(C)C)c1P)c1sc(Nc2ccc(CN(C)C)cc2)nc1C. The molecule has 1 N–H and O–H groups in total. The highest BCUT2D eigenvalue weighted by atomic mass is 32.2. The number of thioether (sulfide) groups is 1. The zero-order chi connectivity index (χ0) is 25.9. The number of aromatic nitrogens is 1. The lowest BCUT2D eigenvalue weighted by Crippen LogP contribution is -2.20. The second-order valence-corrected chi connectivity index (χ2v) is 11.9. The van der Waals surface area contributed by atoms with Crippen molar-refractivity contribution in [2.45, 2.75) is 34.2 Å². The van der Waals surface area contributed by atoms with E-state index in [1.807, 2.05) is 6.92 Å². The van der Waals surface area contributed by atoms with Crippen LogP contribution in [0.1, 0.15) is 39.7 Å². The van der Waals surface area contributed by atoms with E-state index in [1.54, 1.807) is 23.1 Å². The summed E-state index contributed by atoms with van der Waals surface area (Å²) in [6.45, 7) is 13.9. The van der Waals surface area contributed by atoms with Crippen molar-refractivity contribution in [3.63, 3.8) is 0 Å². The average molecular weight is 525 g/mol. The summed E-state index contributed by atoms with van der Waals surface area (Å²) < 4.78 is 0. The third-order valence-electron chi connectivity index (χ3n) is 5.86. The number of thiazole rings is 1. The van der Waals surface area contributed by atoms with Gasteiger partial charge < -0.3 is 15.1 Å². The summed E-state index contributed by atoms with van der Waals surface area (Å²) in [6.07, 6.45) is 0. The molecule has 0 bridgehead atoms. The Kier molecular flexibility index (Phi) is 9.22. The average Bonchev–Trinajstić information content (AvgIpc) is 3.15. The number of nitrogens with one attached hydrogen (secondary N) is 1. The summed E-state index contributed by atoms with van der Waals surface area (Å²) in [6, 6.07) is 10.8.